The van der Waals surface area contributed by atoms with Crippen LogP contribution in [0.1, 0.15) is 18.9 Å². The second kappa shape index (κ2) is 5.27. The number of aryl methyl sites for hydroxylation is 1. The van der Waals surface area contributed by atoms with Gasteiger partial charge in [0, 0.05) is 10.1 Å². The van der Waals surface area contributed by atoms with E-state index in [2.05, 4.69) is 27.3 Å². The van der Waals surface area contributed by atoms with Crippen LogP contribution in [-0.4, -0.2) is 15.0 Å². The Balaban J connectivity index is 3.00. The monoisotopic (exact) mass is 339 g/mol. The largest absolute Gasteiger partial charge is 0.240 e. The third-order valence-corrected chi connectivity index (χ3v) is 4.62. The Bertz CT molecular complexity index is 443. The number of sulfonamides is 1. The summed E-state index contributed by atoms with van der Waals surface area (Å²) < 4.78 is 27.0. The lowest BCUT2D eigenvalue weighted by atomic mass is 10.2. The second-order valence-electron chi connectivity index (χ2n) is 3.31. The van der Waals surface area contributed by atoms with Gasteiger partial charge < -0.3 is 0 Å². The summed E-state index contributed by atoms with van der Waals surface area (Å²) in [6.45, 7) is 4.37. The highest BCUT2D eigenvalue weighted by Gasteiger charge is 2.13. The minimum atomic E-state index is -3.32. The van der Waals surface area contributed by atoms with E-state index in [4.69, 9.17) is 0 Å². The van der Waals surface area contributed by atoms with Crippen LogP contribution < -0.4 is 4.72 Å². The first-order chi connectivity index (χ1) is 6.97. The first kappa shape index (κ1) is 12.9. The van der Waals surface area contributed by atoms with Crippen molar-refractivity contribution in [3.05, 3.63) is 27.3 Å². The van der Waals surface area contributed by atoms with E-state index >= 15 is 0 Å². The number of hydrogen-bond donors (Lipinski definition) is 1. The highest BCUT2D eigenvalue weighted by Crippen LogP contribution is 2.16. The maximum absolute atomic E-state index is 11.7. The van der Waals surface area contributed by atoms with Crippen molar-refractivity contribution < 1.29 is 8.42 Å². The first-order valence-electron chi connectivity index (χ1n) is 4.73. The summed E-state index contributed by atoms with van der Waals surface area (Å²) in [5.74, 6) is 0. The van der Waals surface area contributed by atoms with Crippen LogP contribution in [0.2, 0.25) is 0 Å². The highest BCUT2D eigenvalue weighted by atomic mass is 127. The summed E-state index contributed by atoms with van der Waals surface area (Å²) >= 11 is 2.14. The molecule has 0 bridgehead atoms. The third-order valence-electron chi connectivity index (χ3n) is 2.00. The SMILES string of the molecule is CCCNS(=O)(=O)c1ccc(C)c(I)c1. The van der Waals surface area contributed by atoms with Gasteiger partial charge in [-0.1, -0.05) is 13.0 Å². The molecule has 0 fully saturated rings. The molecule has 0 aliphatic rings. The van der Waals surface area contributed by atoms with Crippen molar-refractivity contribution >= 4 is 32.6 Å². The molecular formula is C10H14INO2S. The quantitative estimate of drug-likeness (QED) is 0.856. The summed E-state index contributed by atoms with van der Waals surface area (Å²) in [5, 5.41) is 0. The minimum absolute atomic E-state index is 0.339. The Kier molecular flexibility index (Phi) is 4.54. The van der Waals surface area contributed by atoms with Gasteiger partial charge >= 0.3 is 0 Å². The first-order valence-corrected chi connectivity index (χ1v) is 7.29. The topological polar surface area (TPSA) is 46.2 Å². The second-order valence-corrected chi connectivity index (χ2v) is 6.24. The maximum Gasteiger partial charge on any atom is 0.240 e. The van der Waals surface area contributed by atoms with Crippen LogP contribution in [0.5, 0.6) is 0 Å². The number of nitrogens with one attached hydrogen (secondary N) is 1. The zero-order valence-electron chi connectivity index (χ0n) is 8.75. The van der Waals surface area contributed by atoms with Crippen LogP contribution in [0.25, 0.3) is 0 Å². The molecule has 0 unspecified atom stereocenters. The number of benzene rings is 1. The van der Waals surface area contributed by atoms with Crippen molar-refractivity contribution in [1.29, 1.82) is 0 Å². The lowest BCUT2D eigenvalue weighted by molar-refractivity contribution is 0.580. The summed E-state index contributed by atoms with van der Waals surface area (Å²) in [6.07, 6.45) is 0.794. The van der Waals surface area contributed by atoms with E-state index in [0.717, 1.165) is 15.6 Å². The van der Waals surface area contributed by atoms with Gasteiger partial charge in [-0.15, -0.1) is 0 Å². The van der Waals surface area contributed by atoms with E-state index in [1.165, 1.54) is 0 Å². The van der Waals surface area contributed by atoms with Crippen molar-refractivity contribution in [3.8, 4) is 0 Å². The van der Waals surface area contributed by atoms with E-state index in [0.29, 0.717) is 11.4 Å². The molecule has 0 atom stereocenters. The van der Waals surface area contributed by atoms with Crippen LogP contribution in [0.4, 0.5) is 0 Å². The molecule has 1 N–H and O–H groups in total. The Labute approximate surface area is 104 Å². The van der Waals surface area contributed by atoms with Crippen molar-refractivity contribution in [2.75, 3.05) is 6.54 Å². The normalized spacial score (nSPS) is 11.7. The van der Waals surface area contributed by atoms with E-state index in [-0.39, 0.29) is 0 Å². The zero-order chi connectivity index (χ0) is 11.5. The molecule has 3 nitrogen and oxygen atoms in total. The summed E-state index contributed by atoms with van der Waals surface area (Å²) in [6, 6.07) is 5.14. The Hall–Kier alpha value is -0.140. The van der Waals surface area contributed by atoms with E-state index in [1.807, 2.05) is 19.9 Å². The standard InChI is InChI=1S/C10H14INO2S/c1-3-6-12-15(13,14)9-5-4-8(2)10(11)7-9/h4-5,7,12H,3,6H2,1-2H3. The van der Waals surface area contributed by atoms with Crippen molar-refractivity contribution in [3.63, 3.8) is 0 Å². The molecule has 0 amide bonds. The van der Waals surface area contributed by atoms with Crippen LogP contribution in [0.15, 0.2) is 23.1 Å². The number of hydrogen-bond acceptors (Lipinski definition) is 2. The highest BCUT2D eigenvalue weighted by molar-refractivity contribution is 14.1. The zero-order valence-corrected chi connectivity index (χ0v) is 11.7. The van der Waals surface area contributed by atoms with Crippen LogP contribution in [0, 0.1) is 10.5 Å². The average Bonchev–Trinajstić information content (AvgIpc) is 2.19. The molecule has 0 saturated heterocycles. The van der Waals surface area contributed by atoms with Gasteiger partial charge in [0.25, 0.3) is 0 Å². The van der Waals surface area contributed by atoms with Gasteiger partial charge in [-0.3, -0.25) is 0 Å². The molecule has 15 heavy (non-hydrogen) atoms. The molecule has 1 rings (SSSR count). The molecule has 0 radical (unpaired) electrons. The molecule has 0 aliphatic heterocycles. The molecule has 1 aromatic rings. The lowest BCUT2D eigenvalue weighted by Gasteiger charge is -2.06. The molecule has 0 aliphatic carbocycles. The molecule has 0 saturated carbocycles. The molecule has 0 aromatic heterocycles. The van der Waals surface area contributed by atoms with Gasteiger partial charge in [0.05, 0.1) is 4.90 Å². The molecule has 1 aromatic carbocycles. The molecule has 0 spiro atoms. The molecule has 84 valence electrons. The Morgan fingerprint density at radius 2 is 2.07 bits per heavy atom. The minimum Gasteiger partial charge on any atom is -0.211 e. The number of halogens is 1. The average molecular weight is 339 g/mol. The predicted octanol–water partition coefficient (Wildman–Crippen LogP) is 2.29. The summed E-state index contributed by atoms with van der Waals surface area (Å²) in [5.41, 5.74) is 1.09. The maximum atomic E-state index is 11.7. The van der Waals surface area contributed by atoms with Gasteiger partial charge in [0.1, 0.15) is 0 Å². The van der Waals surface area contributed by atoms with Gasteiger partial charge in [-0.2, -0.15) is 0 Å². The predicted molar refractivity (Wildman–Crippen MR) is 69.4 cm³/mol. The fraction of sp³-hybridized carbons (Fsp3) is 0.400. The van der Waals surface area contributed by atoms with E-state index in [9.17, 15) is 8.42 Å². The van der Waals surface area contributed by atoms with Gasteiger partial charge in [-0.25, -0.2) is 13.1 Å². The van der Waals surface area contributed by atoms with Crippen molar-refractivity contribution in [2.24, 2.45) is 0 Å². The van der Waals surface area contributed by atoms with Gasteiger partial charge in [-0.05, 0) is 53.6 Å². The molecule has 5 heteroatoms. The van der Waals surface area contributed by atoms with E-state index in [1.54, 1.807) is 12.1 Å². The van der Waals surface area contributed by atoms with Crippen LogP contribution in [-0.2, 0) is 10.0 Å². The Morgan fingerprint density at radius 1 is 1.40 bits per heavy atom. The Morgan fingerprint density at radius 3 is 2.60 bits per heavy atom. The fourth-order valence-corrected chi connectivity index (χ4v) is 2.95. The van der Waals surface area contributed by atoms with Crippen molar-refractivity contribution in [2.45, 2.75) is 25.2 Å². The van der Waals surface area contributed by atoms with Crippen molar-refractivity contribution in [1.82, 2.24) is 4.72 Å². The van der Waals surface area contributed by atoms with Crippen LogP contribution in [0.3, 0.4) is 0 Å². The summed E-state index contributed by atoms with van der Waals surface area (Å²) in [7, 11) is -3.32. The molecule has 0 heterocycles. The van der Waals surface area contributed by atoms with Crippen LogP contribution >= 0.6 is 22.6 Å². The lowest BCUT2D eigenvalue weighted by Crippen LogP contribution is -2.24. The summed E-state index contributed by atoms with van der Waals surface area (Å²) in [4.78, 5) is 0.339. The fourth-order valence-electron chi connectivity index (χ4n) is 1.06. The van der Waals surface area contributed by atoms with Gasteiger partial charge in [0.2, 0.25) is 10.0 Å². The number of rotatable bonds is 4. The third kappa shape index (κ3) is 3.42. The van der Waals surface area contributed by atoms with Gasteiger partial charge in [0.15, 0.2) is 0 Å². The van der Waals surface area contributed by atoms with E-state index < -0.39 is 10.0 Å². The smallest absolute Gasteiger partial charge is 0.211 e. The molecular weight excluding hydrogens is 325 g/mol.